The van der Waals surface area contributed by atoms with Gasteiger partial charge in [-0.25, -0.2) is 4.98 Å². The van der Waals surface area contributed by atoms with Crippen molar-refractivity contribution in [3.05, 3.63) is 23.4 Å². The molecule has 1 N–H and O–H groups in total. The van der Waals surface area contributed by atoms with Crippen molar-refractivity contribution in [1.29, 1.82) is 5.26 Å². The van der Waals surface area contributed by atoms with Crippen molar-refractivity contribution in [2.45, 2.75) is 39.7 Å². The molecular weight excluding hydrogens is 226 g/mol. The summed E-state index contributed by atoms with van der Waals surface area (Å²) >= 11 is 0. The number of nitriles is 1. The first-order chi connectivity index (χ1) is 8.61. The summed E-state index contributed by atoms with van der Waals surface area (Å²) in [6, 6.07) is 5.69. The number of nitrogens with zero attached hydrogens (tertiary/aromatic N) is 2. The molecule has 0 aromatic carbocycles. The van der Waals surface area contributed by atoms with Gasteiger partial charge in [-0.1, -0.05) is 0 Å². The highest BCUT2D eigenvalue weighted by atomic mass is 16.5. The monoisotopic (exact) mass is 247 g/mol. The van der Waals surface area contributed by atoms with Crippen LogP contribution in [0.25, 0.3) is 0 Å². The van der Waals surface area contributed by atoms with Gasteiger partial charge >= 0.3 is 0 Å². The van der Waals surface area contributed by atoms with Crippen molar-refractivity contribution in [1.82, 2.24) is 4.98 Å². The predicted molar refractivity (Wildman–Crippen MR) is 72.5 cm³/mol. The lowest BCUT2D eigenvalue weighted by Crippen LogP contribution is -2.08. The highest BCUT2D eigenvalue weighted by Gasteiger charge is 1.99. The molecule has 1 rings (SSSR count). The number of pyridine rings is 1. The fraction of sp³-hybridized carbons (Fsp3) is 0.571. The van der Waals surface area contributed by atoms with Gasteiger partial charge < -0.3 is 10.1 Å². The Labute approximate surface area is 109 Å². The number of hydrogen-bond acceptors (Lipinski definition) is 4. The molecule has 4 nitrogen and oxygen atoms in total. The molecule has 0 saturated heterocycles. The molecule has 98 valence electrons. The maximum atomic E-state index is 8.86. The van der Waals surface area contributed by atoms with Crippen molar-refractivity contribution in [2.75, 3.05) is 18.5 Å². The Bertz CT molecular complexity index is 410. The summed E-state index contributed by atoms with van der Waals surface area (Å²) in [4.78, 5) is 4.33. The van der Waals surface area contributed by atoms with Crippen LogP contribution in [0.2, 0.25) is 0 Å². The van der Waals surface area contributed by atoms with Crippen LogP contribution in [0.5, 0.6) is 0 Å². The molecular formula is C14H21N3O. The Hall–Kier alpha value is -1.60. The van der Waals surface area contributed by atoms with Gasteiger partial charge in [-0.3, -0.25) is 0 Å². The lowest BCUT2D eigenvalue weighted by molar-refractivity contribution is 0.0765. The first-order valence-corrected chi connectivity index (χ1v) is 6.36. The standard InChI is InChI=1S/C14H21N3O/c1-11(2)18-7-5-4-6-16-14-9-13(10-15)8-12(3)17-14/h8-9,11H,4-7H2,1-3H3,(H,16,17). The first kappa shape index (κ1) is 14.5. The average molecular weight is 247 g/mol. The number of ether oxygens (including phenoxy) is 1. The molecule has 0 unspecified atom stereocenters. The molecule has 0 spiro atoms. The first-order valence-electron chi connectivity index (χ1n) is 6.36. The van der Waals surface area contributed by atoms with Crippen molar-refractivity contribution in [2.24, 2.45) is 0 Å². The number of aromatic nitrogens is 1. The Morgan fingerprint density at radius 2 is 2.17 bits per heavy atom. The quantitative estimate of drug-likeness (QED) is 0.753. The lowest BCUT2D eigenvalue weighted by atomic mass is 10.2. The fourth-order valence-corrected chi connectivity index (χ4v) is 1.59. The number of anilines is 1. The summed E-state index contributed by atoms with van der Waals surface area (Å²) in [6.07, 6.45) is 2.36. The lowest BCUT2D eigenvalue weighted by Gasteiger charge is -2.08. The largest absolute Gasteiger partial charge is 0.379 e. The van der Waals surface area contributed by atoms with Gasteiger partial charge in [0.15, 0.2) is 0 Å². The molecule has 1 heterocycles. The molecule has 0 bridgehead atoms. The van der Waals surface area contributed by atoms with Crippen LogP contribution in [0.1, 0.15) is 37.9 Å². The smallest absolute Gasteiger partial charge is 0.127 e. The van der Waals surface area contributed by atoms with E-state index in [9.17, 15) is 0 Å². The summed E-state index contributed by atoms with van der Waals surface area (Å²) in [5.74, 6) is 0.774. The van der Waals surface area contributed by atoms with E-state index in [1.54, 1.807) is 12.1 Å². The summed E-state index contributed by atoms with van der Waals surface area (Å²) in [5.41, 5.74) is 1.51. The molecule has 4 heteroatoms. The maximum absolute atomic E-state index is 8.86. The molecule has 0 aliphatic rings. The topological polar surface area (TPSA) is 57.9 Å². The number of nitrogens with one attached hydrogen (secondary N) is 1. The maximum Gasteiger partial charge on any atom is 0.127 e. The van der Waals surface area contributed by atoms with E-state index in [1.165, 1.54) is 0 Å². The molecule has 0 radical (unpaired) electrons. The van der Waals surface area contributed by atoms with Crippen LogP contribution in [0, 0.1) is 18.3 Å². The Morgan fingerprint density at radius 1 is 1.39 bits per heavy atom. The van der Waals surface area contributed by atoms with E-state index in [1.807, 2.05) is 20.8 Å². The number of unbranched alkanes of at least 4 members (excludes halogenated alkanes) is 1. The van der Waals surface area contributed by atoms with Crippen LogP contribution in [-0.2, 0) is 4.74 Å². The van der Waals surface area contributed by atoms with Crippen LogP contribution in [0.15, 0.2) is 12.1 Å². The van der Waals surface area contributed by atoms with E-state index in [2.05, 4.69) is 16.4 Å². The van der Waals surface area contributed by atoms with Crippen molar-refractivity contribution in [3.63, 3.8) is 0 Å². The molecule has 0 aliphatic carbocycles. The minimum Gasteiger partial charge on any atom is -0.379 e. The molecule has 0 amide bonds. The molecule has 0 aliphatic heterocycles. The zero-order chi connectivity index (χ0) is 13.4. The molecule has 0 fully saturated rings. The van der Waals surface area contributed by atoms with Crippen LogP contribution in [-0.4, -0.2) is 24.2 Å². The van der Waals surface area contributed by atoms with Gasteiger partial charge in [0.25, 0.3) is 0 Å². The normalized spacial score (nSPS) is 10.4. The molecule has 1 aromatic heterocycles. The highest BCUT2D eigenvalue weighted by molar-refractivity contribution is 5.44. The predicted octanol–water partition coefficient (Wildman–Crippen LogP) is 2.88. The van der Waals surface area contributed by atoms with Crippen molar-refractivity contribution >= 4 is 5.82 Å². The van der Waals surface area contributed by atoms with Crippen molar-refractivity contribution < 1.29 is 4.74 Å². The summed E-state index contributed by atoms with van der Waals surface area (Å²) in [6.45, 7) is 7.62. The van der Waals surface area contributed by atoms with E-state index in [4.69, 9.17) is 10.00 Å². The third kappa shape index (κ3) is 5.65. The summed E-state index contributed by atoms with van der Waals surface area (Å²) < 4.78 is 5.46. The third-order valence-electron chi connectivity index (χ3n) is 2.41. The van der Waals surface area contributed by atoms with E-state index >= 15 is 0 Å². The number of aryl methyl sites for hydroxylation is 1. The molecule has 1 aromatic rings. The summed E-state index contributed by atoms with van der Waals surface area (Å²) in [7, 11) is 0. The van der Waals surface area contributed by atoms with Gasteiger partial charge in [-0.15, -0.1) is 0 Å². The average Bonchev–Trinajstić information content (AvgIpc) is 2.32. The second-order valence-corrected chi connectivity index (χ2v) is 4.55. The van der Waals surface area contributed by atoms with Crippen LogP contribution in [0.3, 0.4) is 0 Å². The molecule has 0 saturated carbocycles. The number of hydrogen-bond donors (Lipinski definition) is 1. The highest BCUT2D eigenvalue weighted by Crippen LogP contribution is 2.09. The number of rotatable bonds is 7. The fourth-order valence-electron chi connectivity index (χ4n) is 1.59. The zero-order valence-electron chi connectivity index (χ0n) is 11.4. The van der Waals surface area contributed by atoms with E-state index in [-0.39, 0.29) is 0 Å². The van der Waals surface area contributed by atoms with E-state index in [0.717, 1.165) is 37.5 Å². The van der Waals surface area contributed by atoms with Crippen molar-refractivity contribution in [3.8, 4) is 6.07 Å². The van der Waals surface area contributed by atoms with Gasteiger partial charge in [0.1, 0.15) is 5.82 Å². The Balaban J connectivity index is 2.27. The SMILES string of the molecule is Cc1cc(C#N)cc(NCCCCOC(C)C)n1. The van der Waals surface area contributed by atoms with Crippen LogP contribution < -0.4 is 5.32 Å². The Morgan fingerprint density at radius 3 is 2.83 bits per heavy atom. The van der Waals surface area contributed by atoms with Gasteiger partial charge in [-0.05, 0) is 45.7 Å². The van der Waals surface area contributed by atoms with Crippen LogP contribution in [0.4, 0.5) is 5.82 Å². The van der Waals surface area contributed by atoms with Gasteiger partial charge in [-0.2, -0.15) is 5.26 Å². The minimum absolute atomic E-state index is 0.301. The van der Waals surface area contributed by atoms with E-state index < -0.39 is 0 Å². The second-order valence-electron chi connectivity index (χ2n) is 4.55. The molecule has 18 heavy (non-hydrogen) atoms. The van der Waals surface area contributed by atoms with Gasteiger partial charge in [0, 0.05) is 18.8 Å². The van der Waals surface area contributed by atoms with Crippen LogP contribution >= 0.6 is 0 Å². The molecule has 0 atom stereocenters. The van der Waals surface area contributed by atoms with Gasteiger partial charge in [0.2, 0.25) is 0 Å². The second kappa shape index (κ2) is 7.67. The third-order valence-corrected chi connectivity index (χ3v) is 2.41. The zero-order valence-corrected chi connectivity index (χ0v) is 11.4. The van der Waals surface area contributed by atoms with E-state index in [0.29, 0.717) is 11.7 Å². The summed E-state index contributed by atoms with van der Waals surface area (Å²) in [5, 5.41) is 12.1. The Kier molecular flexibility index (Phi) is 6.16. The van der Waals surface area contributed by atoms with Gasteiger partial charge in [0.05, 0.1) is 17.7 Å². The minimum atomic E-state index is 0.301.